The molecule has 1 amide bonds. The van der Waals surface area contributed by atoms with Crippen LogP contribution in [0.5, 0.6) is 11.5 Å². The van der Waals surface area contributed by atoms with Gasteiger partial charge in [-0.3, -0.25) is 4.90 Å². The third-order valence-corrected chi connectivity index (χ3v) is 5.50. The zero-order valence-electron chi connectivity index (χ0n) is 21.0. The van der Waals surface area contributed by atoms with Gasteiger partial charge in [-0.2, -0.15) is 0 Å². The van der Waals surface area contributed by atoms with Gasteiger partial charge in [-0.05, 0) is 33.6 Å². The molecule has 0 atom stereocenters. The molecule has 0 spiro atoms. The van der Waals surface area contributed by atoms with Crippen molar-refractivity contribution in [3.05, 3.63) is 17.3 Å². The summed E-state index contributed by atoms with van der Waals surface area (Å²) >= 11 is 6.38. The summed E-state index contributed by atoms with van der Waals surface area (Å²) in [5, 5.41) is 6.25. The van der Waals surface area contributed by atoms with Gasteiger partial charge in [-0.1, -0.05) is 11.6 Å². The average Bonchev–Trinajstić information content (AvgIpc) is 2.80. The average molecular weight is 510 g/mol. The quantitative estimate of drug-likeness (QED) is 0.438. The predicted molar refractivity (Wildman–Crippen MR) is 136 cm³/mol. The van der Waals surface area contributed by atoms with Crippen molar-refractivity contribution < 1.29 is 23.7 Å². The molecule has 0 aliphatic carbocycles. The van der Waals surface area contributed by atoms with E-state index in [4.69, 9.17) is 30.5 Å². The molecule has 3 rings (SSSR count). The van der Waals surface area contributed by atoms with Crippen molar-refractivity contribution in [3.8, 4) is 11.5 Å². The summed E-state index contributed by atoms with van der Waals surface area (Å²) in [5.74, 6) is 1.70. The lowest BCUT2D eigenvalue weighted by molar-refractivity contribution is 0.0321. The Balaban J connectivity index is 1.50. The molecule has 35 heavy (non-hydrogen) atoms. The maximum Gasteiger partial charge on any atom is 0.407 e. The molecular weight excluding hydrogens is 474 g/mol. The normalized spacial score (nSPS) is 14.5. The van der Waals surface area contributed by atoms with Crippen LogP contribution in [-0.2, 0) is 9.47 Å². The fourth-order valence-corrected chi connectivity index (χ4v) is 3.70. The molecule has 1 fully saturated rings. The molecule has 1 saturated heterocycles. The van der Waals surface area contributed by atoms with E-state index in [1.165, 1.54) is 0 Å². The SMILES string of the molecule is COc1cc2nc(NCCCCNC(=O)OC(C)(C)C)c(Cl)nc2cc1OCCN1CCOCC1. The Morgan fingerprint density at radius 3 is 2.51 bits per heavy atom. The molecule has 2 aromatic rings. The number of hydrogen-bond acceptors (Lipinski definition) is 9. The second-order valence-electron chi connectivity index (χ2n) is 9.22. The monoisotopic (exact) mass is 509 g/mol. The molecule has 194 valence electrons. The number of amides is 1. The molecule has 1 aliphatic heterocycles. The summed E-state index contributed by atoms with van der Waals surface area (Å²) in [6, 6.07) is 3.61. The van der Waals surface area contributed by atoms with E-state index in [1.54, 1.807) is 19.2 Å². The van der Waals surface area contributed by atoms with E-state index in [-0.39, 0.29) is 5.15 Å². The van der Waals surface area contributed by atoms with Gasteiger partial charge in [0.1, 0.15) is 12.2 Å². The minimum absolute atomic E-state index is 0.286. The number of hydrogen-bond donors (Lipinski definition) is 2. The van der Waals surface area contributed by atoms with Crippen LogP contribution in [0.4, 0.5) is 10.6 Å². The topological polar surface area (TPSA) is 107 Å². The summed E-state index contributed by atoms with van der Waals surface area (Å²) < 4.78 is 22.1. The van der Waals surface area contributed by atoms with Crippen LogP contribution in [0.1, 0.15) is 33.6 Å². The van der Waals surface area contributed by atoms with E-state index in [0.717, 1.165) is 45.7 Å². The van der Waals surface area contributed by atoms with Gasteiger partial charge in [-0.25, -0.2) is 14.8 Å². The zero-order chi connectivity index (χ0) is 25.3. The Morgan fingerprint density at radius 2 is 1.80 bits per heavy atom. The molecule has 2 N–H and O–H groups in total. The summed E-state index contributed by atoms with van der Waals surface area (Å²) in [7, 11) is 1.60. The van der Waals surface area contributed by atoms with Crippen LogP contribution >= 0.6 is 11.6 Å². The van der Waals surface area contributed by atoms with Gasteiger partial charge in [0.05, 0.1) is 31.4 Å². The van der Waals surface area contributed by atoms with Gasteiger partial charge in [0.2, 0.25) is 0 Å². The number of carbonyl (C=O) groups is 1. The Bertz CT molecular complexity index is 979. The Hall–Kier alpha value is -2.56. The van der Waals surface area contributed by atoms with E-state index in [2.05, 4.69) is 25.5 Å². The van der Waals surface area contributed by atoms with Crippen LogP contribution in [0.3, 0.4) is 0 Å². The van der Waals surface area contributed by atoms with Gasteiger partial charge < -0.3 is 29.6 Å². The number of nitrogens with zero attached hydrogens (tertiary/aromatic N) is 3. The van der Waals surface area contributed by atoms with Gasteiger partial charge >= 0.3 is 6.09 Å². The summed E-state index contributed by atoms with van der Waals surface area (Å²) in [5.41, 5.74) is 0.778. The van der Waals surface area contributed by atoms with Crippen molar-refractivity contribution in [3.63, 3.8) is 0 Å². The number of alkyl carbamates (subject to hydrolysis) is 1. The summed E-state index contributed by atoms with van der Waals surface area (Å²) in [4.78, 5) is 23.1. The minimum Gasteiger partial charge on any atom is -0.493 e. The highest BCUT2D eigenvalue weighted by Crippen LogP contribution is 2.33. The fourth-order valence-electron chi connectivity index (χ4n) is 3.50. The summed E-state index contributed by atoms with van der Waals surface area (Å²) in [6.45, 7) is 11.3. The first kappa shape index (κ1) is 27.0. The van der Waals surface area contributed by atoms with Crippen molar-refractivity contribution in [2.75, 3.05) is 65.0 Å². The first-order chi connectivity index (χ1) is 16.7. The van der Waals surface area contributed by atoms with Crippen molar-refractivity contribution >= 4 is 34.5 Å². The number of fused-ring (bicyclic) bond motifs is 1. The maximum atomic E-state index is 11.7. The number of aromatic nitrogens is 2. The number of nitrogens with one attached hydrogen (secondary N) is 2. The molecule has 0 bridgehead atoms. The van der Waals surface area contributed by atoms with Crippen LogP contribution in [0, 0.1) is 0 Å². The minimum atomic E-state index is -0.504. The molecule has 1 aromatic carbocycles. The number of unbranched alkanes of at least 4 members (excludes halogenated alkanes) is 1. The molecule has 10 nitrogen and oxygen atoms in total. The molecule has 1 aromatic heterocycles. The van der Waals surface area contributed by atoms with Gasteiger partial charge in [0.25, 0.3) is 0 Å². The van der Waals surface area contributed by atoms with E-state index in [1.807, 2.05) is 20.8 Å². The lowest BCUT2D eigenvalue weighted by Crippen LogP contribution is -2.38. The third-order valence-electron chi connectivity index (χ3n) is 5.24. The Kier molecular flexibility index (Phi) is 10.00. The lowest BCUT2D eigenvalue weighted by Gasteiger charge is -2.26. The van der Waals surface area contributed by atoms with Crippen LogP contribution in [-0.4, -0.2) is 86.2 Å². The van der Waals surface area contributed by atoms with E-state index in [9.17, 15) is 4.79 Å². The smallest absolute Gasteiger partial charge is 0.407 e. The van der Waals surface area contributed by atoms with Crippen LogP contribution in [0.15, 0.2) is 12.1 Å². The van der Waals surface area contributed by atoms with Gasteiger partial charge in [-0.15, -0.1) is 0 Å². The van der Waals surface area contributed by atoms with Crippen molar-refractivity contribution in [2.45, 2.75) is 39.2 Å². The first-order valence-corrected chi connectivity index (χ1v) is 12.3. The number of morpholine rings is 1. The number of ether oxygens (including phenoxy) is 4. The van der Waals surface area contributed by atoms with Crippen molar-refractivity contribution in [2.24, 2.45) is 0 Å². The zero-order valence-corrected chi connectivity index (χ0v) is 21.7. The van der Waals surface area contributed by atoms with Crippen molar-refractivity contribution in [1.82, 2.24) is 20.2 Å². The maximum absolute atomic E-state index is 11.7. The molecule has 0 saturated carbocycles. The number of benzene rings is 1. The second-order valence-corrected chi connectivity index (χ2v) is 9.58. The molecular formula is C24H36ClN5O5. The molecule has 1 aliphatic rings. The van der Waals surface area contributed by atoms with E-state index < -0.39 is 11.7 Å². The van der Waals surface area contributed by atoms with Crippen LogP contribution in [0.2, 0.25) is 5.15 Å². The number of rotatable bonds is 11. The molecule has 0 unspecified atom stereocenters. The second kappa shape index (κ2) is 12.9. The van der Waals surface area contributed by atoms with E-state index in [0.29, 0.717) is 48.0 Å². The standard InChI is InChI=1S/C24H36ClN5O5/c1-24(2,3)35-23(31)27-8-6-5-7-26-22-21(25)28-17-16-20(19(32-4)15-18(17)29-22)34-14-11-30-9-12-33-13-10-30/h15-16H,5-14H2,1-4H3,(H,26,29)(H,27,31). The van der Waals surface area contributed by atoms with Crippen molar-refractivity contribution in [1.29, 1.82) is 0 Å². The van der Waals surface area contributed by atoms with E-state index >= 15 is 0 Å². The number of carbonyl (C=O) groups excluding carboxylic acids is 1. The van der Waals surface area contributed by atoms with Crippen LogP contribution < -0.4 is 20.1 Å². The summed E-state index contributed by atoms with van der Waals surface area (Å²) in [6.07, 6.45) is 1.18. The third kappa shape index (κ3) is 8.87. The predicted octanol–water partition coefficient (Wildman–Crippen LogP) is 3.72. The highest BCUT2D eigenvalue weighted by Gasteiger charge is 2.16. The Morgan fingerprint density at radius 1 is 1.11 bits per heavy atom. The highest BCUT2D eigenvalue weighted by atomic mass is 35.5. The number of methoxy groups -OCH3 is 1. The molecule has 0 radical (unpaired) electrons. The number of anilines is 1. The van der Waals surface area contributed by atoms with Gasteiger partial charge in [0.15, 0.2) is 22.5 Å². The van der Waals surface area contributed by atoms with Gasteiger partial charge in [0, 0.05) is 44.9 Å². The first-order valence-electron chi connectivity index (χ1n) is 11.9. The molecule has 2 heterocycles. The highest BCUT2D eigenvalue weighted by molar-refractivity contribution is 6.32. The largest absolute Gasteiger partial charge is 0.493 e. The Labute approximate surface area is 211 Å². The molecule has 11 heteroatoms. The lowest BCUT2D eigenvalue weighted by atomic mass is 10.2. The van der Waals surface area contributed by atoms with Crippen LogP contribution in [0.25, 0.3) is 11.0 Å². The number of halogens is 1. The fraction of sp³-hybridized carbons (Fsp3) is 0.625.